The van der Waals surface area contributed by atoms with Crippen molar-refractivity contribution in [3.8, 4) is 0 Å². The maximum Gasteiger partial charge on any atom is 0.264 e. The average Bonchev–Trinajstić information content (AvgIpc) is 3.46. The molecule has 3 aromatic carbocycles. The van der Waals surface area contributed by atoms with Gasteiger partial charge in [-0.15, -0.1) is 0 Å². The highest BCUT2D eigenvalue weighted by atomic mass is 35.5. The van der Waals surface area contributed by atoms with Gasteiger partial charge in [-0.25, -0.2) is 8.42 Å². The topological polar surface area (TPSA) is 86.8 Å². The second-order valence-electron chi connectivity index (χ2n) is 10.7. The lowest BCUT2D eigenvalue weighted by Gasteiger charge is -2.34. The van der Waals surface area contributed by atoms with Crippen molar-refractivity contribution in [1.29, 1.82) is 0 Å². The number of anilines is 1. The molecule has 0 saturated heterocycles. The molecule has 1 atom stereocenters. The number of sulfonamides is 1. The molecule has 0 aromatic heterocycles. The Kier molecular flexibility index (Phi) is 10.1. The van der Waals surface area contributed by atoms with Gasteiger partial charge in [-0.3, -0.25) is 13.9 Å². The molecule has 0 heterocycles. The van der Waals surface area contributed by atoms with E-state index >= 15 is 0 Å². The van der Waals surface area contributed by atoms with Gasteiger partial charge in [0, 0.05) is 17.6 Å². The molecule has 1 N–H and O–H groups in total. The van der Waals surface area contributed by atoms with Crippen LogP contribution in [0.15, 0.2) is 77.7 Å². The lowest BCUT2D eigenvalue weighted by molar-refractivity contribution is -0.140. The van der Waals surface area contributed by atoms with Crippen LogP contribution in [-0.2, 0) is 26.2 Å². The highest BCUT2D eigenvalue weighted by Gasteiger charge is 2.35. The third kappa shape index (κ3) is 7.49. The minimum Gasteiger partial charge on any atom is -0.352 e. The van der Waals surface area contributed by atoms with Gasteiger partial charge in [0.2, 0.25) is 11.8 Å². The Morgan fingerprint density at radius 2 is 1.68 bits per heavy atom. The zero-order chi connectivity index (χ0) is 29.6. The third-order valence-corrected chi connectivity index (χ3v) is 9.58. The lowest BCUT2D eigenvalue weighted by Crippen LogP contribution is -2.53. The summed E-state index contributed by atoms with van der Waals surface area (Å²) in [5, 5.41) is 3.49. The van der Waals surface area contributed by atoms with Crippen molar-refractivity contribution in [2.24, 2.45) is 0 Å². The van der Waals surface area contributed by atoms with Gasteiger partial charge >= 0.3 is 0 Å². The molecule has 9 heteroatoms. The molecule has 41 heavy (non-hydrogen) atoms. The van der Waals surface area contributed by atoms with Crippen LogP contribution >= 0.6 is 11.6 Å². The fraction of sp³-hybridized carbons (Fsp3) is 0.375. The number of amides is 2. The number of aryl methyl sites for hydroxylation is 2. The fourth-order valence-electron chi connectivity index (χ4n) is 5.38. The smallest absolute Gasteiger partial charge is 0.264 e. The van der Waals surface area contributed by atoms with E-state index in [1.165, 1.54) is 17.0 Å². The average molecular weight is 596 g/mol. The molecule has 0 aliphatic heterocycles. The highest BCUT2D eigenvalue weighted by molar-refractivity contribution is 7.92. The van der Waals surface area contributed by atoms with Crippen molar-refractivity contribution in [1.82, 2.24) is 10.2 Å². The first-order chi connectivity index (χ1) is 19.6. The molecule has 1 aliphatic rings. The molecule has 0 spiro atoms. The Morgan fingerprint density at radius 1 is 0.976 bits per heavy atom. The first-order valence-corrected chi connectivity index (χ1v) is 15.9. The Balaban J connectivity index is 1.74. The molecule has 1 unspecified atom stereocenters. The number of hydrogen-bond donors (Lipinski definition) is 1. The van der Waals surface area contributed by atoms with Crippen molar-refractivity contribution in [2.75, 3.05) is 10.8 Å². The molecule has 7 nitrogen and oxygen atoms in total. The Morgan fingerprint density at radius 3 is 2.34 bits per heavy atom. The zero-order valence-corrected chi connectivity index (χ0v) is 25.4. The molecule has 1 saturated carbocycles. The summed E-state index contributed by atoms with van der Waals surface area (Å²) in [5.74, 6) is -0.685. The molecule has 0 bridgehead atoms. The minimum atomic E-state index is -4.15. The van der Waals surface area contributed by atoms with Gasteiger partial charge in [0.05, 0.1) is 10.6 Å². The third-order valence-electron chi connectivity index (χ3n) is 7.57. The van der Waals surface area contributed by atoms with E-state index in [2.05, 4.69) is 5.32 Å². The maximum atomic E-state index is 14.2. The van der Waals surface area contributed by atoms with Crippen molar-refractivity contribution in [2.45, 2.75) is 76.4 Å². The fourth-order valence-corrected chi connectivity index (χ4v) is 7.04. The highest BCUT2D eigenvalue weighted by Crippen LogP contribution is 2.30. The zero-order valence-electron chi connectivity index (χ0n) is 23.8. The van der Waals surface area contributed by atoms with Gasteiger partial charge in [-0.05, 0) is 68.5 Å². The van der Waals surface area contributed by atoms with E-state index in [1.54, 1.807) is 43.3 Å². The predicted molar refractivity (Wildman–Crippen MR) is 163 cm³/mol. The standard InChI is InChI=1S/C32H38ClN3O4S/c1-4-29(32(38)34-27-13-8-9-14-27)35(21-25-12-10-11-23(2)19-25)31(37)22-36(30-20-26(33)18-17-24(30)3)41(39,40)28-15-6-5-7-16-28/h5-7,10-12,15-20,27,29H,4,8-9,13-14,21-22H2,1-3H3,(H,34,38). The van der Waals surface area contributed by atoms with Crippen LogP contribution in [0.3, 0.4) is 0 Å². The van der Waals surface area contributed by atoms with Crippen LogP contribution in [0.25, 0.3) is 0 Å². The van der Waals surface area contributed by atoms with Gasteiger partial charge in [0.15, 0.2) is 0 Å². The van der Waals surface area contributed by atoms with Crippen molar-refractivity contribution >= 4 is 39.1 Å². The van der Waals surface area contributed by atoms with Gasteiger partial charge in [0.25, 0.3) is 10.0 Å². The van der Waals surface area contributed by atoms with Crippen molar-refractivity contribution in [3.63, 3.8) is 0 Å². The first-order valence-electron chi connectivity index (χ1n) is 14.1. The van der Waals surface area contributed by atoms with Crippen LogP contribution in [0.2, 0.25) is 5.02 Å². The van der Waals surface area contributed by atoms with E-state index in [0.717, 1.165) is 41.1 Å². The summed E-state index contributed by atoms with van der Waals surface area (Å²) in [5.41, 5.74) is 2.86. The maximum absolute atomic E-state index is 14.2. The van der Waals surface area contributed by atoms with Gasteiger partial charge in [0.1, 0.15) is 12.6 Å². The van der Waals surface area contributed by atoms with E-state index in [1.807, 2.05) is 38.1 Å². The second kappa shape index (κ2) is 13.5. The van der Waals surface area contributed by atoms with Crippen LogP contribution in [0.4, 0.5) is 5.69 Å². The first kappa shape index (κ1) is 30.6. The molecule has 4 rings (SSSR count). The molecule has 1 aliphatic carbocycles. The molecular formula is C32H38ClN3O4S. The second-order valence-corrected chi connectivity index (χ2v) is 13.0. The summed E-state index contributed by atoms with van der Waals surface area (Å²) < 4.78 is 29.1. The normalized spacial score (nSPS) is 14.4. The molecule has 1 fully saturated rings. The monoisotopic (exact) mass is 595 g/mol. The van der Waals surface area contributed by atoms with E-state index in [9.17, 15) is 18.0 Å². The number of rotatable bonds is 11. The minimum absolute atomic E-state index is 0.0587. The summed E-state index contributed by atoms with van der Waals surface area (Å²) in [6, 6.07) is 20.1. The Labute approximate surface area is 248 Å². The molecular weight excluding hydrogens is 558 g/mol. The summed E-state index contributed by atoms with van der Waals surface area (Å²) in [4.78, 5) is 29.4. The summed E-state index contributed by atoms with van der Waals surface area (Å²) in [6.07, 6.45) is 4.37. The number of hydrogen-bond acceptors (Lipinski definition) is 4. The number of carbonyl (C=O) groups excluding carboxylic acids is 2. The Hall–Kier alpha value is -3.36. The van der Waals surface area contributed by atoms with E-state index in [0.29, 0.717) is 22.7 Å². The SMILES string of the molecule is CCC(C(=O)NC1CCCC1)N(Cc1cccc(C)c1)C(=O)CN(c1cc(Cl)ccc1C)S(=O)(=O)c1ccccc1. The quantitative estimate of drug-likeness (QED) is 0.294. The van der Waals surface area contributed by atoms with Crippen molar-refractivity contribution in [3.05, 3.63) is 94.5 Å². The van der Waals surface area contributed by atoms with E-state index in [-0.39, 0.29) is 23.4 Å². The van der Waals surface area contributed by atoms with Crippen LogP contribution in [-0.4, -0.2) is 43.8 Å². The van der Waals surface area contributed by atoms with E-state index in [4.69, 9.17) is 11.6 Å². The number of nitrogens with one attached hydrogen (secondary N) is 1. The molecule has 3 aromatic rings. The Bertz CT molecular complexity index is 1470. The van der Waals surface area contributed by atoms with Crippen LogP contribution < -0.4 is 9.62 Å². The van der Waals surface area contributed by atoms with Gasteiger partial charge < -0.3 is 10.2 Å². The predicted octanol–water partition coefficient (Wildman–Crippen LogP) is 6.02. The van der Waals surface area contributed by atoms with Crippen LogP contribution in [0.5, 0.6) is 0 Å². The number of benzene rings is 3. The summed E-state index contributed by atoms with van der Waals surface area (Å²) >= 11 is 6.30. The molecule has 0 radical (unpaired) electrons. The van der Waals surface area contributed by atoms with Crippen LogP contribution in [0, 0.1) is 13.8 Å². The number of carbonyl (C=O) groups is 2. The molecule has 2 amide bonds. The number of halogens is 1. The van der Waals surface area contributed by atoms with Gasteiger partial charge in [-0.2, -0.15) is 0 Å². The molecule has 218 valence electrons. The number of nitrogens with zero attached hydrogens (tertiary/aromatic N) is 2. The van der Waals surface area contributed by atoms with Crippen molar-refractivity contribution < 1.29 is 18.0 Å². The largest absolute Gasteiger partial charge is 0.352 e. The van der Waals surface area contributed by atoms with Gasteiger partial charge in [-0.1, -0.05) is 85.5 Å². The summed E-state index contributed by atoms with van der Waals surface area (Å²) in [7, 11) is -4.15. The van der Waals surface area contributed by atoms with Crippen LogP contribution in [0.1, 0.15) is 55.7 Å². The van der Waals surface area contributed by atoms with E-state index < -0.39 is 28.5 Å². The summed E-state index contributed by atoms with van der Waals surface area (Å²) in [6.45, 7) is 5.30. The lowest BCUT2D eigenvalue weighted by atomic mass is 10.1.